The Morgan fingerprint density at radius 2 is 0.943 bits per heavy atom. The highest BCUT2D eigenvalue weighted by molar-refractivity contribution is 7.19. The van der Waals surface area contributed by atoms with Crippen LogP contribution in [-0.4, -0.2) is 54.8 Å². The van der Waals surface area contributed by atoms with Crippen molar-refractivity contribution in [3.8, 4) is 64.9 Å². The summed E-state index contributed by atoms with van der Waals surface area (Å²) in [6.07, 6.45) is -3.77. The van der Waals surface area contributed by atoms with Crippen molar-refractivity contribution < 1.29 is 45.6 Å². The number of aryl methyl sites for hydroxylation is 6. The lowest BCUT2D eigenvalue weighted by molar-refractivity contribution is -0.137. The van der Waals surface area contributed by atoms with E-state index in [1.54, 1.807) is 60.7 Å². The maximum Gasteiger partial charge on any atom is 0.422 e. The van der Waals surface area contributed by atoms with Crippen LogP contribution in [0.2, 0.25) is 0 Å². The molecule has 0 unspecified atom stereocenters. The molecule has 2 aliphatic rings. The van der Waals surface area contributed by atoms with Crippen LogP contribution in [-0.2, 0) is 50.9 Å². The summed E-state index contributed by atoms with van der Waals surface area (Å²) in [6.45, 7) is 3.47. The first-order valence-corrected chi connectivity index (χ1v) is 24.2. The van der Waals surface area contributed by atoms with Gasteiger partial charge in [-0.25, -0.2) is 9.97 Å². The molecule has 364 valence electrons. The Bertz CT molecular complexity index is 2930. The molecular weight excluding hydrogens is 951 g/mol. The third-order valence-corrected chi connectivity index (χ3v) is 14.9. The second-order valence-corrected chi connectivity index (χ2v) is 20.4. The first-order valence-electron chi connectivity index (χ1n) is 22.6. The molecule has 0 spiro atoms. The van der Waals surface area contributed by atoms with Crippen molar-refractivity contribution in [2.24, 2.45) is 11.5 Å². The second-order valence-electron chi connectivity index (χ2n) is 18.4. The number of benzene rings is 4. The number of rotatable bonds is 12. The molecule has 0 aliphatic heterocycles. The van der Waals surface area contributed by atoms with Gasteiger partial charge in [0.15, 0.2) is 10.0 Å². The molecule has 4 heterocycles. The van der Waals surface area contributed by atoms with Gasteiger partial charge in [0.1, 0.15) is 22.5 Å². The standard InChI is InChI=1S/2C26H24F3N3O2S/c2*1-25(30,14-33)12-11-15-7-9-18-17(13-15)8-10-19-23(18)35-24(31-19)22-20(26(27,28)29)21(32-34-22)16-5-3-2-4-6-16/h2*2-7,9,13,33H,8,10-12,14,30H2,1H3/t2*25-/m10/s1. The van der Waals surface area contributed by atoms with E-state index in [0.29, 0.717) is 36.8 Å². The molecule has 70 heavy (non-hydrogen) atoms. The number of thiazole rings is 2. The van der Waals surface area contributed by atoms with Crippen molar-refractivity contribution in [2.75, 3.05) is 13.2 Å². The van der Waals surface area contributed by atoms with E-state index >= 15 is 0 Å². The molecule has 0 bridgehead atoms. The lowest BCUT2D eigenvalue weighted by Crippen LogP contribution is -2.40. The number of nitrogens with two attached hydrogens (primary N) is 2. The van der Waals surface area contributed by atoms with E-state index in [4.69, 9.17) is 20.5 Å². The van der Waals surface area contributed by atoms with Crippen LogP contribution in [0.25, 0.3) is 64.9 Å². The van der Waals surface area contributed by atoms with Gasteiger partial charge in [-0.2, -0.15) is 26.3 Å². The molecule has 4 aromatic carbocycles. The summed E-state index contributed by atoms with van der Waals surface area (Å²) in [5.74, 6) is -0.694. The van der Waals surface area contributed by atoms with E-state index in [9.17, 15) is 36.6 Å². The Morgan fingerprint density at radius 1 is 0.557 bits per heavy atom. The quantitative estimate of drug-likeness (QED) is 0.0864. The highest BCUT2D eigenvalue weighted by Crippen LogP contribution is 2.49. The minimum Gasteiger partial charge on any atom is -0.394 e. The maximum atomic E-state index is 14.1. The van der Waals surface area contributed by atoms with E-state index in [1.165, 1.54) is 22.7 Å². The smallest absolute Gasteiger partial charge is 0.394 e. The number of aliphatic hydroxyl groups is 2. The van der Waals surface area contributed by atoms with Crippen molar-refractivity contribution in [1.82, 2.24) is 20.3 Å². The van der Waals surface area contributed by atoms with E-state index < -0.39 is 34.6 Å². The van der Waals surface area contributed by atoms with Crippen LogP contribution in [0.3, 0.4) is 0 Å². The molecule has 0 saturated heterocycles. The third kappa shape index (κ3) is 10.2. The van der Waals surface area contributed by atoms with Gasteiger partial charge in [0.2, 0.25) is 11.5 Å². The SMILES string of the molecule is C[C@@](N)(CO)CCc1ccc2c(c1)CCc1nc(-c3onc(-c4ccccc4)c3C(F)(F)F)sc1-2.C[C@](N)(CO)CCc1ccc2c(c1)CCc1nc(-c3onc(-c4ccccc4)c3C(F)(F)F)sc1-2. The summed E-state index contributed by atoms with van der Waals surface area (Å²) in [5.41, 5.74) is 17.2. The molecular formula is C52H48F6N6O4S2. The Kier molecular flexibility index (Phi) is 13.5. The van der Waals surface area contributed by atoms with Crippen molar-refractivity contribution in [3.05, 3.63) is 142 Å². The van der Waals surface area contributed by atoms with Crippen LogP contribution in [0.15, 0.2) is 106 Å². The summed E-state index contributed by atoms with van der Waals surface area (Å²) < 4.78 is 95.2. The Hall–Kier alpha value is -6.02. The van der Waals surface area contributed by atoms with E-state index in [0.717, 1.165) is 80.2 Å². The highest BCUT2D eigenvalue weighted by Gasteiger charge is 2.44. The molecule has 2 atom stereocenters. The van der Waals surface area contributed by atoms with Gasteiger partial charge in [-0.15, -0.1) is 22.7 Å². The van der Waals surface area contributed by atoms with E-state index in [1.807, 2.05) is 38.1 Å². The summed E-state index contributed by atoms with van der Waals surface area (Å²) in [4.78, 5) is 10.8. The van der Waals surface area contributed by atoms with Crippen LogP contribution in [0.4, 0.5) is 26.3 Å². The van der Waals surface area contributed by atoms with Crippen molar-refractivity contribution >= 4 is 22.7 Å². The molecule has 10 nitrogen and oxygen atoms in total. The van der Waals surface area contributed by atoms with E-state index in [2.05, 4.69) is 32.4 Å². The molecule has 0 fully saturated rings. The van der Waals surface area contributed by atoms with Crippen molar-refractivity contribution in [3.63, 3.8) is 0 Å². The number of aromatic nitrogens is 4. The molecule has 18 heteroatoms. The van der Waals surface area contributed by atoms with Gasteiger partial charge in [0, 0.05) is 22.2 Å². The molecule has 0 radical (unpaired) electrons. The number of halogens is 6. The summed E-state index contributed by atoms with van der Waals surface area (Å²) in [6, 6.07) is 28.7. The predicted octanol–water partition coefficient (Wildman–Crippen LogP) is 11.8. The van der Waals surface area contributed by atoms with Crippen molar-refractivity contribution in [1.29, 1.82) is 0 Å². The summed E-state index contributed by atoms with van der Waals surface area (Å²) >= 11 is 2.40. The van der Waals surface area contributed by atoms with Gasteiger partial charge in [-0.1, -0.05) is 107 Å². The zero-order chi connectivity index (χ0) is 49.6. The zero-order valence-electron chi connectivity index (χ0n) is 38.0. The predicted molar refractivity (Wildman–Crippen MR) is 258 cm³/mol. The van der Waals surface area contributed by atoms with Crippen LogP contribution in [0.5, 0.6) is 0 Å². The summed E-state index contributed by atoms with van der Waals surface area (Å²) in [7, 11) is 0. The van der Waals surface area contributed by atoms with Gasteiger partial charge < -0.3 is 30.7 Å². The largest absolute Gasteiger partial charge is 0.422 e. The monoisotopic (exact) mass is 998 g/mol. The number of nitrogens with zero attached hydrogens (tertiary/aromatic N) is 4. The zero-order valence-corrected chi connectivity index (χ0v) is 39.7. The third-order valence-electron chi connectivity index (χ3n) is 12.6. The lowest BCUT2D eigenvalue weighted by Gasteiger charge is -2.22. The number of hydrogen-bond donors (Lipinski definition) is 4. The van der Waals surface area contributed by atoms with Crippen molar-refractivity contribution in [2.45, 2.75) is 88.6 Å². The number of alkyl halides is 6. The van der Waals surface area contributed by atoms with E-state index in [-0.39, 0.29) is 46.1 Å². The Labute approximate surface area is 407 Å². The second kappa shape index (κ2) is 19.3. The first kappa shape index (κ1) is 49.0. The minimum absolute atomic E-state index is 0.0848. The summed E-state index contributed by atoms with van der Waals surface area (Å²) in [5, 5.41) is 26.7. The fraction of sp³-hybridized carbons (Fsp3) is 0.308. The first-order chi connectivity index (χ1) is 33.3. The fourth-order valence-corrected chi connectivity index (χ4v) is 10.9. The minimum atomic E-state index is -4.65. The number of hydrogen-bond acceptors (Lipinski definition) is 12. The molecule has 8 aromatic rings. The Balaban J connectivity index is 0.000000174. The fourth-order valence-electron chi connectivity index (χ4n) is 8.63. The maximum absolute atomic E-state index is 14.1. The molecule has 10 rings (SSSR count). The number of aliphatic hydroxyl groups excluding tert-OH is 2. The lowest BCUT2D eigenvalue weighted by atomic mass is 9.89. The van der Waals surface area contributed by atoms with Gasteiger partial charge in [0.05, 0.1) is 34.4 Å². The van der Waals surface area contributed by atoms with Crippen LogP contribution in [0, 0.1) is 0 Å². The average Bonchev–Trinajstić information content (AvgIpc) is 4.18. The Morgan fingerprint density at radius 3 is 1.30 bits per heavy atom. The van der Waals surface area contributed by atoms with Gasteiger partial charge >= 0.3 is 12.4 Å². The molecule has 2 aliphatic carbocycles. The van der Waals surface area contributed by atoms with Crippen LogP contribution < -0.4 is 11.5 Å². The normalized spacial score (nSPS) is 14.9. The molecule has 4 aromatic heterocycles. The molecule has 0 amide bonds. The topological polar surface area (TPSA) is 170 Å². The molecule has 0 saturated carbocycles. The van der Waals surface area contributed by atoms with Gasteiger partial charge in [0.25, 0.3) is 0 Å². The molecule has 6 N–H and O–H groups in total. The van der Waals surface area contributed by atoms with Gasteiger partial charge in [-0.3, -0.25) is 0 Å². The highest BCUT2D eigenvalue weighted by atomic mass is 32.1. The van der Waals surface area contributed by atoms with Gasteiger partial charge in [-0.05, 0) is 98.6 Å². The average molecular weight is 999 g/mol. The van der Waals surface area contributed by atoms with Crippen LogP contribution >= 0.6 is 22.7 Å². The van der Waals surface area contributed by atoms with Crippen LogP contribution in [0.1, 0.15) is 71.5 Å². The number of fused-ring (bicyclic) bond motifs is 6.